The van der Waals surface area contributed by atoms with E-state index in [2.05, 4.69) is 10.2 Å². The van der Waals surface area contributed by atoms with E-state index in [0.717, 1.165) is 17.2 Å². The van der Waals surface area contributed by atoms with Gasteiger partial charge in [-0.2, -0.15) is 5.10 Å². The first-order valence-corrected chi connectivity index (χ1v) is 3.77. The van der Waals surface area contributed by atoms with Crippen LogP contribution in [0.25, 0.3) is 10.9 Å². The first-order valence-electron chi connectivity index (χ1n) is 3.39. The molecule has 0 aliphatic heterocycles. The molecular formula is C8H5ClN2O. The summed E-state index contributed by atoms with van der Waals surface area (Å²) >= 11 is 5.76. The van der Waals surface area contributed by atoms with Crippen molar-refractivity contribution in [3.05, 3.63) is 28.9 Å². The second-order valence-corrected chi connectivity index (χ2v) is 2.88. The van der Waals surface area contributed by atoms with Crippen molar-refractivity contribution in [1.29, 1.82) is 0 Å². The number of benzene rings is 1. The Kier molecular flexibility index (Phi) is 1.59. The first-order chi connectivity index (χ1) is 5.81. The van der Waals surface area contributed by atoms with Crippen LogP contribution in [0.1, 0.15) is 10.4 Å². The third-order valence-electron chi connectivity index (χ3n) is 1.67. The molecule has 1 heterocycles. The van der Waals surface area contributed by atoms with E-state index < -0.39 is 0 Å². The molecule has 60 valence electrons. The van der Waals surface area contributed by atoms with Crippen molar-refractivity contribution in [3.63, 3.8) is 0 Å². The molecule has 0 aliphatic carbocycles. The number of halogens is 1. The van der Waals surface area contributed by atoms with Crippen molar-refractivity contribution >= 4 is 28.8 Å². The monoisotopic (exact) mass is 180 g/mol. The summed E-state index contributed by atoms with van der Waals surface area (Å²) in [6.07, 6.45) is 2.39. The van der Waals surface area contributed by atoms with Crippen molar-refractivity contribution in [1.82, 2.24) is 10.2 Å². The van der Waals surface area contributed by atoms with Gasteiger partial charge in [-0.15, -0.1) is 0 Å². The molecule has 1 aromatic heterocycles. The maximum atomic E-state index is 10.6. The standard InChI is InChI=1S/C8H5ClN2O/c9-7-1-5-3-10-11-8(5)6(2-7)4-12/h1-4H,(H,10,11). The highest BCUT2D eigenvalue weighted by Gasteiger charge is 2.03. The van der Waals surface area contributed by atoms with Gasteiger partial charge in [0.2, 0.25) is 0 Å². The molecule has 2 rings (SSSR count). The lowest BCUT2D eigenvalue weighted by Crippen LogP contribution is -1.82. The SMILES string of the molecule is O=Cc1cc(Cl)cc2cn[nH]c12. The molecule has 3 nitrogen and oxygen atoms in total. The molecule has 0 atom stereocenters. The maximum absolute atomic E-state index is 10.6. The van der Waals surface area contributed by atoms with E-state index in [0.29, 0.717) is 10.6 Å². The van der Waals surface area contributed by atoms with Crippen molar-refractivity contribution < 1.29 is 4.79 Å². The molecule has 0 fully saturated rings. The smallest absolute Gasteiger partial charge is 0.152 e. The third kappa shape index (κ3) is 0.987. The van der Waals surface area contributed by atoms with Gasteiger partial charge in [-0.1, -0.05) is 11.6 Å². The predicted octanol–water partition coefficient (Wildman–Crippen LogP) is 2.03. The number of nitrogens with one attached hydrogen (secondary N) is 1. The highest BCUT2D eigenvalue weighted by molar-refractivity contribution is 6.31. The summed E-state index contributed by atoms with van der Waals surface area (Å²) < 4.78 is 0. The summed E-state index contributed by atoms with van der Waals surface area (Å²) in [5.41, 5.74) is 1.27. The summed E-state index contributed by atoms with van der Waals surface area (Å²) in [6, 6.07) is 3.36. The molecule has 12 heavy (non-hydrogen) atoms. The molecule has 0 bridgehead atoms. The number of hydrogen-bond donors (Lipinski definition) is 1. The van der Waals surface area contributed by atoms with Crippen LogP contribution in [0.15, 0.2) is 18.3 Å². The topological polar surface area (TPSA) is 45.8 Å². The van der Waals surface area contributed by atoms with E-state index >= 15 is 0 Å². The van der Waals surface area contributed by atoms with Crippen LogP contribution in [-0.4, -0.2) is 16.5 Å². The Morgan fingerprint density at radius 3 is 3.08 bits per heavy atom. The lowest BCUT2D eigenvalue weighted by molar-refractivity contribution is 0.112. The van der Waals surface area contributed by atoms with Crippen molar-refractivity contribution in [3.8, 4) is 0 Å². The fraction of sp³-hybridized carbons (Fsp3) is 0. The second kappa shape index (κ2) is 2.60. The molecule has 0 radical (unpaired) electrons. The largest absolute Gasteiger partial charge is 0.298 e. The maximum Gasteiger partial charge on any atom is 0.152 e. The molecule has 0 amide bonds. The van der Waals surface area contributed by atoms with Gasteiger partial charge < -0.3 is 0 Å². The molecule has 1 aromatic carbocycles. The Bertz CT molecular complexity index is 436. The van der Waals surface area contributed by atoms with E-state index in [1.807, 2.05) is 0 Å². The minimum absolute atomic E-state index is 0.537. The number of H-pyrrole nitrogens is 1. The molecule has 2 aromatic rings. The number of fused-ring (bicyclic) bond motifs is 1. The summed E-state index contributed by atoms with van der Waals surface area (Å²) in [5, 5.41) is 7.93. The van der Waals surface area contributed by atoms with E-state index in [9.17, 15) is 4.79 Å². The highest BCUT2D eigenvalue weighted by atomic mass is 35.5. The Morgan fingerprint density at radius 2 is 2.33 bits per heavy atom. The van der Waals surface area contributed by atoms with Crippen LogP contribution in [0.5, 0.6) is 0 Å². The number of aldehydes is 1. The minimum Gasteiger partial charge on any atom is -0.298 e. The summed E-state index contributed by atoms with van der Waals surface area (Å²) in [7, 11) is 0. The third-order valence-corrected chi connectivity index (χ3v) is 1.89. The van der Waals surface area contributed by atoms with Gasteiger partial charge in [0, 0.05) is 16.0 Å². The molecular weight excluding hydrogens is 176 g/mol. The molecule has 0 aliphatic rings. The minimum atomic E-state index is 0.537. The zero-order chi connectivity index (χ0) is 8.55. The number of carbonyl (C=O) groups excluding carboxylic acids is 1. The van der Waals surface area contributed by atoms with E-state index in [1.165, 1.54) is 0 Å². The molecule has 0 saturated heterocycles. The van der Waals surface area contributed by atoms with E-state index in [1.54, 1.807) is 18.3 Å². The van der Waals surface area contributed by atoms with Crippen LogP contribution in [0.3, 0.4) is 0 Å². The summed E-state index contributed by atoms with van der Waals surface area (Å²) in [4.78, 5) is 10.6. The lowest BCUT2D eigenvalue weighted by Gasteiger charge is -1.94. The highest BCUT2D eigenvalue weighted by Crippen LogP contribution is 2.20. The number of hydrogen-bond acceptors (Lipinski definition) is 2. The Balaban J connectivity index is 2.88. The number of aromatic nitrogens is 2. The average Bonchev–Trinajstić information content (AvgIpc) is 2.50. The van der Waals surface area contributed by atoms with Crippen LogP contribution in [-0.2, 0) is 0 Å². The number of aromatic amines is 1. The fourth-order valence-electron chi connectivity index (χ4n) is 1.14. The predicted molar refractivity (Wildman–Crippen MR) is 46.5 cm³/mol. The molecule has 4 heteroatoms. The normalized spacial score (nSPS) is 10.4. The van der Waals surface area contributed by atoms with Gasteiger partial charge in [-0.3, -0.25) is 9.89 Å². The van der Waals surface area contributed by atoms with Gasteiger partial charge in [0.25, 0.3) is 0 Å². The number of carbonyl (C=O) groups is 1. The van der Waals surface area contributed by atoms with Crippen molar-refractivity contribution in [2.45, 2.75) is 0 Å². The molecule has 0 saturated carbocycles. The van der Waals surface area contributed by atoms with Crippen LogP contribution in [0, 0.1) is 0 Å². The van der Waals surface area contributed by atoms with Crippen LogP contribution in [0.4, 0.5) is 0 Å². The van der Waals surface area contributed by atoms with Gasteiger partial charge in [-0.05, 0) is 12.1 Å². The van der Waals surface area contributed by atoms with Crippen molar-refractivity contribution in [2.24, 2.45) is 0 Å². The molecule has 1 N–H and O–H groups in total. The molecule has 0 spiro atoms. The lowest BCUT2D eigenvalue weighted by atomic mass is 10.2. The van der Waals surface area contributed by atoms with Gasteiger partial charge >= 0.3 is 0 Å². The summed E-state index contributed by atoms with van der Waals surface area (Å²) in [6.45, 7) is 0. The first kappa shape index (κ1) is 7.31. The van der Waals surface area contributed by atoms with E-state index in [4.69, 9.17) is 11.6 Å². The Hall–Kier alpha value is -1.35. The van der Waals surface area contributed by atoms with E-state index in [-0.39, 0.29) is 0 Å². The van der Waals surface area contributed by atoms with Crippen LogP contribution in [0.2, 0.25) is 5.02 Å². The summed E-state index contributed by atoms with van der Waals surface area (Å²) in [5.74, 6) is 0. The number of rotatable bonds is 1. The van der Waals surface area contributed by atoms with Gasteiger partial charge in [0.1, 0.15) is 0 Å². The second-order valence-electron chi connectivity index (χ2n) is 2.45. The Morgan fingerprint density at radius 1 is 1.50 bits per heavy atom. The van der Waals surface area contributed by atoms with Crippen LogP contribution >= 0.6 is 11.6 Å². The quantitative estimate of drug-likeness (QED) is 0.683. The van der Waals surface area contributed by atoms with Gasteiger partial charge in [0.15, 0.2) is 6.29 Å². The van der Waals surface area contributed by atoms with Crippen LogP contribution < -0.4 is 0 Å². The van der Waals surface area contributed by atoms with Crippen molar-refractivity contribution in [2.75, 3.05) is 0 Å². The zero-order valence-electron chi connectivity index (χ0n) is 6.04. The number of nitrogens with zero attached hydrogens (tertiary/aromatic N) is 1. The van der Waals surface area contributed by atoms with Gasteiger partial charge in [0.05, 0.1) is 11.7 Å². The fourth-order valence-corrected chi connectivity index (χ4v) is 1.38. The average molecular weight is 181 g/mol. The Labute approximate surface area is 73.3 Å². The van der Waals surface area contributed by atoms with Gasteiger partial charge in [-0.25, -0.2) is 0 Å². The molecule has 0 unspecified atom stereocenters. The zero-order valence-corrected chi connectivity index (χ0v) is 6.80.